The SMILES string of the molecule is CC(C)(C)OC(=O)NCCC=Cc1cccc(N2CCNCC2)c1. The zero-order chi connectivity index (χ0) is 17.4. The lowest BCUT2D eigenvalue weighted by Gasteiger charge is -2.29. The van der Waals surface area contributed by atoms with Gasteiger partial charge in [-0.15, -0.1) is 0 Å². The molecule has 0 saturated carbocycles. The number of amides is 1. The first-order valence-electron chi connectivity index (χ1n) is 8.63. The van der Waals surface area contributed by atoms with Crippen LogP contribution in [0.4, 0.5) is 10.5 Å². The Labute approximate surface area is 145 Å². The van der Waals surface area contributed by atoms with E-state index in [0.717, 1.165) is 32.6 Å². The van der Waals surface area contributed by atoms with Crippen LogP contribution in [0.15, 0.2) is 30.3 Å². The highest BCUT2D eigenvalue weighted by atomic mass is 16.6. The van der Waals surface area contributed by atoms with Gasteiger partial charge in [0.15, 0.2) is 0 Å². The zero-order valence-electron chi connectivity index (χ0n) is 15.0. The highest BCUT2D eigenvalue weighted by molar-refractivity contribution is 5.67. The highest BCUT2D eigenvalue weighted by Gasteiger charge is 2.15. The number of hydrogen-bond donors (Lipinski definition) is 2. The van der Waals surface area contributed by atoms with E-state index in [2.05, 4.69) is 52.0 Å². The van der Waals surface area contributed by atoms with Crippen LogP contribution in [-0.4, -0.2) is 44.4 Å². The molecule has 5 heteroatoms. The van der Waals surface area contributed by atoms with E-state index < -0.39 is 5.60 Å². The van der Waals surface area contributed by atoms with Crippen molar-refractivity contribution in [2.75, 3.05) is 37.6 Å². The Kier molecular flexibility index (Phi) is 6.67. The number of alkyl carbamates (subject to hydrolysis) is 1. The summed E-state index contributed by atoms with van der Waals surface area (Å²) in [7, 11) is 0. The molecule has 1 aliphatic rings. The number of benzene rings is 1. The van der Waals surface area contributed by atoms with Crippen LogP contribution in [0.5, 0.6) is 0 Å². The van der Waals surface area contributed by atoms with Crippen LogP contribution in [0.3, 0.4) is 0 Å². The van der Waals surface area contributed by atoms with Gasteiger partial charge in [-0.2, -0.15) is 0 Å². The van der Waals surface area contributed by atoms with Crippen molar-refractivity contribution in [2.24, 2.45) is 0 Å². The van der Waals surface area contributed by atoms with E-state index in [1.54, 1.807) is 0 Å². The van der Waals surface area contributed by atoms with E-state index in [9.17, 15) is 4.79 Å². The second-order valence-electron chi connectivity index (χ2n) is 6.95. The first-order chi connectivity index (χ1) is 11.4. The van der Waals surface area contributed by atoms with E-state index in [1.165, 1.54) is 11.3 Å². The van der Waals surface area contributed by atoms with Crippen molar-refractivity contribution < 1.29 is 9.53 Å². The van der Waals surface area contributed by atoms with Gasteiger partial charge in [0.05, 0.1) is 0 Å². The fraction of sp³-hybridized carbons (Fsp3) is 0.526. The number of rotatable bonds is 5. The van der Waals surface area contributed by atoms with Gasteiger partial charge in [-0.1, -0.05) is 24.3 Å². The number of hydrogen-bond acceptors (Lipinski definition) is 4. The lowest BCUT2D eigenvalue weighted by molar-refractivity contribution is 0.0529. The summed E-state index contributed by atoms with van der Waals surface area (Å²) in [5.74, 6) is 0. The van der Waals surface area contributed by atoms with Crippen molar-refractivity contribution >= 4 is 17.9 Å². The molecule has 0 aliphatic carbocycles. The summed E-state index contributed by atoms with van der Waals surface area (Å²) in [6.45, 7) is 10.3. The molecule has 0 radical (unpaired) electrons. The van der Waals surface area contributed by atoms with Crippen molar-refractivity contribution in [2.45, 2.75) is 32.8 Å². The van der Waals surface area contributed by atoms with Crippen LogP contribution in [0.2, 0.25) is 0 Å². The molecule has 132 valence electrons. The molecule has 2 N–H and O–H groups in total. The molecule has 1 saturated heterocycles. The van der Waals surface area contributed by atoms with Crippen molar-refractivity contribution in [3.8, 4) is 0 Å². The van der Waals surface area contributed by atoms with Crippen LogP contribution in [0.1, 0.15) is 32.8 Å². The fourth-order valence-electron chi connectivity index (χ4n) is 2.54. The monoisotopic (exact) mass is 331 g/mol. The Morgan fingerprint density at radius 1 is 1.33 bits per heavy atom. The molecule has 0 bridgehead atoms. The van der Waals surface area contributed by atoms with E-state index in [1.807, 2.05) is 20.8 Å². The Bertz CT molecular complexity index is 558. The average molecular weight is 331 g/mol. The molecule has 24 heavy (non-hydrogen) atoms. The fourth-order valence-corrected chi connectivity index (χ4v) is 2.54. The third-order valence-electron chi connectivity index (χ3n) is 3.64. The van der Waals surface area contributed by atoms with Gasteiger partial charge in [-0.3, -0.25) is 0 Å². The molecule has 2 rings (SSSR count). The average Bonchev–Trinajstić information content (AvgIpc) is 2.54. The molecule has 1 aromatic rings. The molecular weight excluding hydrogens is 302 g/mol. The molecule has 1 aromatic carbocycles. The van der Waals surface area contributed by atoms with Gasteiger partial charge in [0.2, 0.25) is 0 Å². The first-order valence-corrected chi connectivity index (χ1v) is 8.63. The Morgan fingerprint density at radius 3 is 2.79 bits per heavy atom. The van der Waals surface area contributed by atoms with Crippen LogP contribution < -0.4 is 15.5 Å². The molecule has 0 spiro atoms. The van der Waals surface area contributed by atoms with Crippen LogP contribution in [-0.2, 0) is 4.74 Å². The van der Waals surface area contributed by atoms with E-state index in [4.69, 9.17) is 4.74 Å². The summed E-state index contributed by atoms with van der Waals surface area (Å²) in [5, 5.41) is 6.13. The Balaban J connectivity index is 1.77. The summed E-state index contributed by atoms with van der Waals surface area (Å²) in [5.41, 5.74) is 2.00. The molecule has 5 nitrogen and oxygen atoms in total. The number of carbonyl (C=O) groups is 1. The quantitative estimate of drug-likeness (QED) is 0.815. The minimum atomic E-state index is -0.454. The number of ether oxygens (including phenoxy) is 1. The topological polar surface area (TPSA) is 53.6 Å². The Morgan fingerprint density at radius 2 is 2.08 bits per heavy atom. The minimum Gasteiger partial charge on any atom is -0.444 e. The highest BCUT2D eigenvalue weighted by Crippen LogP contribution is 2.17. The lowest BCUT2D eigenvalue weighted by Crippen LogP contribution is -2.43. The first kappa shape index (κ1) is 18.3. The summed E-state index contributed by atoms with van der Waals surface area (Å²) in [4.78, 5) is 13.9. The number of nitrogens with one attached hydrogen (secondary N) is 2. The smallest absolute Gasteiger partial charge is 0.407 e. The molecule has 0 aromatic heterocycles. The molecule has 0 unspecified atom stereocenters. The standard InChI is InChI=1S/C19H29N3O2/c1-19(2,3)24-18(23)21-10-5-4-7-16-8-6-9-17(15-16)22-13-11-20-12-14-22/h4,6-9,15,20H,5,10-14H2,1-3H3,(H,21,23). The van der Waals surface area contributed by atoms with E-state index in [0.29, 0.717) is 6.54 Å². The summed E-state index contributed by atoms with van der Waals surface area (Å²) in [6.07, 6.45) is 4.59. The van der Waals surface area contributed by atoms with Gasteiger partial charge < -0.3 is 20.3 Å². The maximum atomic E-state index is 11.5. The van der Waals surface area contributed by atoms with Crippen LogP contribution in [0.25, 0.3) is 6.08 Å². The predicted octanol–water partition coefficient (Wildman–Crippen LogP) is 3.02. The van der Waals surface area contributed by atoms with Gasteiger partial charge >= 0.3 is 6.09 Å². The summed E-state index contributed by atoms with van der Waals surface area (Å²) in [6, 6.07) is 8.56. The number of nitrogens with zero attached hydrogens (tertiary/aromatic N) is 1. The van der Waals surface area contributed by atoms with Gasteiger partial charge in [0, 0.05) is 38.4 Å². The third-order valence-corrected chi connectivity index (χ3v) is 3.64. The number of anilines is 1. The Hall–Kier alpha value is -2.01. The van der Waals surface area contributed by atoms with Crippen molar-refractivity contribution in [1.29, 1.82) is 0 Å². The molecule has 1 aliphatic heterocycles. The molecule has 1 amide bonds. The molecule has 1 heterocycles. The second kappa shape index (κ2) is 8.73. The molecule has 1 fully saturated rings. The van der Waals surface area contributed by atoms with Crippen molar-refractivity contribution in [3.63, 3.8) is 0 Å². The lowest BCUT2D eigenvalue weighted by atomic mass is 10.1. The van der Waals surface area contributed by atoms with Crippen molar-refractivity contribution in [1.82, 2.24) is 10.6 Å². The van der Waals surface area contributed by atoms with Gasteiger partial charge in [-0.05, 0) is 44.9 Å². The maximum Gasteiger partial charge on any atom is 0.407 e. The number of piperazine rings is 1. The number of carbonyl (C=O) groups excluding carboxylic acids is 1. The molecule has 0 atom stereocenters. The normalized spacial score (nSPS) is 15.5. The minimum absolute atomic E-state index is 0.364. The van der Waals surface area contributed by atoms with Gasteiger partial charge in [-0.25, -0.2) is 4.79 Å². The third kappa shape index (κ3) is 6.62. The summed E-state index contributed by atoms with van der Waals surface area (Å²) < 4.78 is 5.20. The largest absolute Gasteiger partial charge is 0.444 e. The van der Waals surface area contributed by atoms with E-state index in [-0.39, 0.29) is 6.09 Å². The molecular formula is C19H29N3O2. The summed E-state index contributed by atoms with van der Waals surface area (Å²) >= 11 is 0. The van der Waals surface area contributed by atoms with E-state index >= 15 is 0 Å². The van der Waals surface area contributed by atoms with Crippen molar-refractivity contribution in [3.05, 3.63) is 35.9 Å². The van der Waals surface area contributed by atoms with Crippen LogP contribution in [0, 0.1) is 0 Å². The van der Waals surface area contributed by atoms with Crippen LogP contribution >= 0.6 is 0 Å². The van der Waals surface area contributed by atoms with Gasteiger partial charge in [0.1, 0.15) is 5.60 Å². The van der Waals surface area contributed by atoms with Gasteiger partial charge in [0.25, 0.3) is 0 Å². The maximum absolute atomic E-state index is 11.5. The zero-order valence-corrected chi connectivity index (χ0v) is 15.0. The second-order valence-corrected chi connectivity index (χ2v) is 6.95. The predicted molar refractivity (Wildman–Crippen MR) is 99.4 cm³/mol.